The van der Waals surface area contributed by atoms with Crippen LogP contribution in [0.3, 0.4) is 0 Å². The summed E-state index contributed by atoms with van der Waals surface area (Å²) in [6.45, 7) is -0.721. The fraction of sp³-hybridized carbons (Fsp3) is 0.333. The Morgan fingerprint density at radius 2 is 1.82 bits per heavy atom. The summed E-state index contributed by atoms with van der Waals surface area (Å²) in [4.78, 5) is 44.0. The molecule has 0 bridgehead atoms. The summed E-state index contributed by atoms with van der Waals surface area (Å²) < 4.78 is 21.3. The Bertz CT molecular complexity index is 1020. The first-order chi connectivity index (χ1) is 13.1. The van der Waals surface area contributed by atoms with Gasteiger partial charge in [0, 0.05) is 11.2 Å². The molecule has 1 aromatic heterocycles. The van der Waals surface area contributed by atoms with Crippen LogP contribution in [0.2, 0.25) is 5.02 Å². The molecule has 152 valence electrons. The molecule has 0 spiro atoms. The molecular formula is C15H16ClN2O9P. The van der Waals surface area contributed by atoms with Gasteiger partial charge in [0.1, 0.15) is 18.3 Å². The van der Waals surface area contributed by atoms with Crippen LogP contribution in [0.25, 0.3) is 11.1 Å². The molecule has 1 saturated heterocycles. The fourth-order valence-corrected chi connectivity index (χ4v) is 3.24. The van der Waals surface area contributed by atoms with E-state index in [0.717, 1.165) is 10.8 Å². The number of benzene rings is 1. The molecular weight excluding hydrogens is 419 g/mol. The number of aromatic nitrogens is 2. The molecule has 0 radical (unpaired) electrons. The molecule has 2 aromatic rings. The highest BCUT2D eigenvalue weighted by Crippen LogP contribution is 2.38. The van der Waals surface area contributed by atoms with Crippen LogP contribution in [0.15, 0.2) is 40.1 Å². The molecule has 5 N–H and O–H groups in total. The number of aliphatic hydroxyl groups excluding tert-OH is 2. The maximum absolute atomic E-state index is 12.2. The monoisotopic (exact) mass is 434 g/mol. The summed E-state index contributed by atoms with van der Waals surface area (Å²) in [6.07, 6.45) is -4.79. The van der Waals surface area contributed by atoms with Gasteiger partial charge in [-0.05, 0) is 17.7 Å². The predicted molar refractivity (Wildman–Crippen MR) is 95.7 cm³/mol. The smallest absolute Gasteiger partial charge is 0.387 e. The summed E-state index contributed by atoms with van der Waals surface area (Å²) >= 11 is 5.82. The molecule has 28 heavy (non-hydrogen) atoms. The number of nitrogens with one attached hydrogen (secondary N) is 1. The molecule has 3 rings (SSSR count). The minimum Gasteiger partial charge on any atom is -0.387 e. The number of halogens is 1. The van der Waals surface area contributed by atoms with Gasteiger partial charge in [-0.2, -0.15) is 0 Å². The van der Waals surface area contributed by atoms with Gasteiger partial charge in [0.2, 0.25) is 0 Å². The van der Waals surface area contributed by atoms with Crippen LogP contribution in [0, 0.1) is 0 Å². The van der Waals surface area contributed by atoms with Crippen molar-refractivity contribution in [3.05, 3.63) is 56.3 Å². The third kappa shape index (κ3) is 4.43. The van der Waals surface area contributed by atoms with Crippen molar-refractivity contribution < 1.29 is 33.8 Å². The van der Waals surface area contributed by atoms with E-state index < -0.39 is 50.2 Å². The Balaban J connectivity index is 1.93. The van der Waals surface area contributed by atoms with E-state index in [1.165, 1.54) is 0 Å². The number of hydrogen-bond acceptors (Lipinski definition) is 7. The zero-order valence-corrected chi connectivity index (χ0v) is 15.7. The fourth-order valence-electron chi connectivity index (χ4n) is 2.78. The van der Waals surface area contributed by atoms with Gasteiger partial charge >= 0.3 is 13.5 Å². The maximum atomic E-state index is 12.2. The van der Waals surface area contributed by atoms with Crippen molar-refractivity contribution in [3.63, 3.8) is 0 Å². The van der Waals surface area contributed by atoms with Crippen LogP contribution in [0.4, 0.5) is 0 Å². The van der Waals surface area contributed by atoms with Crippen LogP contribution in [-0.4, -0.2) is 54.5 Å². The van der Waals surface area contributed by atoms with Crippen molar-refractivity contribution in [3.8, 4) is 11.1 Å². The molecule has 13 heteroatoms. The van der Waals surface area contributed by atoms with Crippen LogP contribution in [0.5, 0.6) is 0 Å². The molecule has 0 unspecified atom stereocenters. The number of aromatic amines is 1. The topological polar surface area (TPSA) is 171 Å². The van der Waals surface area contributed by atoms with Crippen molar-refractivity contribution in [2.45, 2.75) is 24.5 Å². The van der Waals surface area contributed by atoms with E-state index in [0.29, 0.717) is 10.6 Å². The van der Waals surface area contributed by atoms with Gasteiger partial charge in [-0.3, -0.25) is 18.9 Å². The summed E-state index contributed by atoms with van der Waals surface area (Å²) in [7, 11) is -4.82. The third-order valence-corrected chi connectivity index (χ3v) is 4.88. The van der Waals surface area contributed by atoms with E-state index >= 15 is 0 Å². The van der Waals surface area contributed by atoms with Crippen molar-refractivity contribution in [1.82, 2.24) is 9.55 Å². The van der Waals surface area contributed by atoms with E-state index in [1.54, 1.807) is 24.3 Å². The van der Waals surface area contributed by atoms with Crippen LogP contribution >= 0.6 is 19.4 Å². The number of phosphoric ester groups is 1. The highest BCUT2D eigenvalue weighted by atomic mass is 35.5. The van der Waals surface area contributed by atoms with Gasteiger partial charge in [0.05, 0.1) is 12.2 Å². The molecule has 11 nitrogen and oxygen atoms in total. The molecule has 0 amide bonds. The molecule has 1 fully saturated rings. The van der Waals surface area contributed by atoms with E-state index in [2.05, 4.69) is 9.51 Å². The van der Waals surface area contributed by atoms with Gasteiger partial charge in [0.25, 0.3) is 5.56 Å². The largest absolute Gasteiger partial charge is 0.469 e. The second-order valence-corrected chi connectivity index (χ2v) is 7.72. The van der Waals surface area contributed by atoms with Crippen LogP contribution < -0.4 is 11.2 Å². The normalized spacial score (nSPS) is 25.2. The Hall–Kier alpha value is -1.82. The average Bonchev–Trinajstić information content (AvgIpc) is 2.89. The highest BCUT2D eigenvalue weighted by Gasteiger charge is 2.45. The quantitative estimate of drug-likeness (QED) is 0.392. The Morgan fingerprint density at radius 3 is 2.43 bits per heavy atom. The number of ether oxygens (including phenoxy) is 1. The van der Waals surface area contributed by atoms with Crippen molar-refractivity contribution in [1.29, 1.82) is 0 Å². The number of nitrogens with zero attached hydrogens (tertiary/aromatic N) is 1. The lowest BCUT2D eigenvalue weighted by atomic mass is 10.1. The molecule has 4 atom stereocenters. The number of phosphoric acid groups is 1. The lowest BCUT2D eigenvalue weighted by Crippen LogP contribution is -2.38. The first kappa shape index (κ1) is 20.9. The average molecular weight is 435 g/mol. The van der Waals surface area contributed by atoms with E-state index in [-0.39, 0.29) is 5.56 Å². The molecule has 0 saturated carbocycles. The molecule has 1 aliphatic rings. The van der Waals surface area contributed by atoms with E-state index in [1.807, 2.05) is 0 Å². The van der Waals surface area contributed by atoms with Crippen LogP contribution in [0.1, 0.15) is 6.23 Å². The van der Waals surface area contributed by atoms with Crippen molar-refractivity contribution in [2.24, 2.45) is 0 Å². The zero-order valence-electron chi connectivity index (χ0n) is 14.0. The lowest BCUT2D eigenvalue weighted by molar-refractivity contribution is -0.0542. The maximum Gasteiger partial charge on any atom is 0.469 e. The Labute approximate surface area is 162 Å². The Kier molecular flexibility index (Phi) is 5.89. The number of rotatable bonds is 5. The predicted octanol–water partition coefficient (Wildman–Crippen LogP) is -0.414. The first-order valence-corrected chi connectivity index (χ1v) is 9.81. The molecule has 0 aliphatic carbocycles. The Morgan fingerprint density at radius 1 is 1.18 bits per heavy atom. The molecule has 2 heterocycles. The zero-order chi connectivity index (χ0) is 20.6. The van der Waals surface area contributed by atoms with E-state index in [9.17, 15) is 24.4 Å². The van der Waals surface area contributed by atoms with Crippen molar-refractivity contribution >= 4 is 19.4 Å². The summed E-state index contributed by atoms with van der Waals surface area (Å²) in [5.74, 6) is 0. The van der Waals surface area contributed by atoms with Crippen molar-refractivity contribution in [2.75, 3.05) is 6.61 Å². The third-order valence-electron chi connectivity index (χ3n) is 4.14. The summed E-state index contributed by atoms with van der Waals surface area (Å²) in [5, 5.41) is 20.7. The summed E-state index contributed by atoms with van der Waals surface area (Å²) in [6, 6.07) is 6.20. The van der Waals surface area contributed by atoms with Gasteiger partial charge in [0.15, 0.2) is 6.23 Å². The van der Waals surface area contributed by atoms with Gasteiger partial charge in [-0.1, -0.05) is 23.7 Å². The SMILES string of the molecule is O=c1[nH]c(=O)n([C@@H]2O[C@H](COP(=O)(O)O)[C@@H](O)[C@H]2O)cc1-c1ccc(Cl)cc1. The first-order valence-electron chi connectivity index (χ1n) is 7.90. The standard InChI is InChI=1S/C15H16ClN2O9P/c16-8-3-1-7(2-4-8)9-5-18(15(22)17-13(9)21)14-12(20)11(19)10(27-14)6-26-28(23,24)25/h1-5,10-12,14,19-20H,6H2,(H,17,21,22)(H2,23,24,25)/t10-,11-,12-,14-/m1/s1. The van der Waals surface area contributed by atoms with Gasteiger partial charge in [-0.25, -0.2) is 9.36 Å². The van der Waals surface area contributed by atoms with E-state index in [4.69, 9.17) is 26.1 Å². The number of aliphatic hydroxyl groups is 2. The number of H-pyrrole nitrogens is 1. The molecule has 1 aliphatic heterocycles. The minimum atomic E-state index is -4.82. The van der Waals surface area contributed by atoms with Gasteiger partial charge in [-0.15, -0.1) is 0 Å². The molecule has 1 aromatic carbocycles. The van der Waals surface area contributed by atoms with Gasteiger partial charge < -0.3 is 24.7 Å². The lowest BCUT2D eigenvalue weighted by Gasteiger charge is -2.18. The number of hydrogen-bond donors (Lipinski definition) is 5. The second-order valence-electron chi connectivity index (χ2n) is 6.05. The second kappa shape index (κ2) is 7.90. The van der Waals surface area contributed by atoms with Crippen LogP contribution in [-0.2, 0) is 13.8 Å². The highest BCUT2D eigenvalue weighted by molar-refractivity contribution is 7.46. The minimum absolute atomic E-state index is 0.0801. The summed E-state index contributed by atoms with van der Waals surface area (Å²) in [5.41, 5.74) is -1.07.